The van der Waals surface area contributed by atoms with Gasteiger partial charge in [-0.25, -0.2) is 4.98 Å². The van der Waals surface area contributed by atoms with E-state index >= 15 is 0 Å². The van der Waals surface area contributed by atoms with E-state index in [4.69, 9.17) is 16.3 Å². The summed E-state index contributed by atoms with van der Waals surface area (Å²) in [5, 5.41) is 6.58. The van der Waals surface area contributed by atoms with Crippen LogP contribution in [0, 0.1) is 0 Å². The summed E-state index contributed by atoms with van der Waals surface area (Å²) in [5.74, 6) is 0.963. The minimum atomic E-state index is -0.258. The highest BCUT2D eigenvalue weighted by atomic mass is 35.5. The van der Waals surface area contributed by atoms with Crippen LogP contribution >= 0.6 is 11.6 Å². The number of carbonyl (C=O) groups excluding carboxylic acids is 1. The van der Waals surface area contributed by atoms with Crippen molar-refractivity contribution in [2.75, 3.05) is 17.7 Å². The fraction of sp³-hybridized carbons (Fsp3) is 0.0526. The first-order chi connectivity index (χ1) is 12.2. The van der Waals surface area contributed by atoms with Crippen molar-refractivity contribution in [3.8, 4) is 5.75 Å². The molecule has 0 fully saturated rings. The fourth-order valence-corrected chi connectivity index (χ4v) is 2.45. The summed E-state index contributed by atoms with van der Waals surface area (Å²) < 4.78 is 5.23. The van der Waals surface area contributed by atoms with Gasteiger partial charge in [-0.3, -0.25) is 4.79 Å². The average molecular weight is 354 g/mol. The Morgan fingerprint density at radius 1 is 1.08 bits per heavy atom. The van der Waals surface area contributed by atoms with Gasteiger partial charge in [-0.1, -0.05) is 29.8 Å². The second kappa shape index (κ2) is 7.68. The minimum absolute atomic E-state index is 0.258. The average Bonchev–Trinajstić information content (AvgIpc) is 2.63. The molecule has 1 aromatic heterocycles. The van der Waals surface area contributed by atoms with Gasteiger partial charge < -0.3 is 15.4 Å². The molecule has 0 aliphatic heterocycles. The Morgan fingerprint density at radius 2 is 1.92 bits per heavy atom. The fourth-order valence-electron chi connectivity index (χ4n) is 2.26. The number of carbonyl (C=O) groups is 1. The number of anilines is 3. The number of rotatable bonds is 5. The van der Waals surface area contributed by atoms with Gasteiger partial charge in [0.15, 0.2) is 0 Å². The molecule has 0 saturated carbocycles. The summed E-state index contributed by atoms with van der Waals surface area (Å²) in [6.07, 6.45) is 1.51. The standard InChI is InChI=1S/C19H16ClN3O2/c1-25-17-8-3-2-7-16(17)23-19(24)13-9-10-18(21-12-13)22-15-6-4-5-14(20)11-15/h2-12H,1H3,(H,21,22)(H,23,24). The second-order valence-corrected chi connectivity index (χ2v) is 5.66. The molecule has 3 rings (SSSR count). The molecule has 25 heavy (non-hydrogen) atoms. The molecule has 2 N–H and O–H groups in total. The molecule has 1 amide bonds. The Kier molecular flexibility index (Phi) is 5.16. The second-order valence-electron chi connectivity index (χ2n) is 5.22. The first kappa shape index (κ1) is 16.8. The molecule has 0 saturated heterocycles. The van der Waals surface area contributed by atoms with Gasteiger partial charge >= 0.3 is 0 Å². The lowest BCUT2D eigenvalue weighted by molar-refractivity contribution is 0.102. The van der Waals surface area contributed by atoms with E-state index in [9.17, 15) is 4.79 Å². The summed E-state index contributed by atoms with van der Waals surface area (Å²) >= 11 is 5.96. The van der Waals surface area contributed by atoms with Gasteiger partial charge in [0, 0.05) is 16.9 Å². The van der Waals surface area contributed by atoms with Gasteiger partial charge in [-0.15, -0.1) is 0 Å². The third-order valence-corrected chi connectivity index (χ3v) is 3.71. The largest absolute Gasteiger partial charge is 0.495 e. The predicted molar refractivity (Wildman–Crippen MR) is 99.9 cm³/mol. The highest BCUT2D eigenvalue weighted by Gasteiger charge is 2.10. The minimum Gasteiger partial charge on any atom is -0.495 e. The van der Waals surface area contributed by atoms with E-state index in [-0.39, 0.29) is 5.91 Å². The maximum Gasteiger partial charge on any atom is 0.257 e. The van der Waals surface area contributed by atoms with Crippen molar-refractivity contribution in [1.29, 1.82) is 0 Å². The number of hydrogen-bond acceptors (Lipinski definition) is 4. The Balaban J connectivity index is 1.70. The molecule has 0 spiro atoms. The van der Waals surface area contributed by atoms with Gasteiger partial charge in [0.2, 0.25) is 0 Å². The number of nitrogens with one attached hydrogen (secondary N) is 2. The van der Waals surface area contributed by atoms with E-state index in [2.05, 4.69) is 15.6 Å². The maximum absolute atomic E-state index is 12.4. The monoisotopic (exact) mass is 353 g/mol. The number of pyridine rings is 1. The van der Waals surface area contributed by atoms with Crippen LogP contribution in [-0.4, -0.2) is 18.0 Å². The highest BCUT2D eigenvalue weighted by Crippen LogP contribution is 2.24. The van der Waals surface area contributed by atoms with Crippen molar-refractivity contribution in [2.45, 2.75) is 0 Å². The number of nitrogens with zero attached hydrogens (tertiary/aromatic N) is 1. The van der Waals surface area contributed by atoms with Crippen molar-refractivity contribution < 1.29 is 9.53 Å². The maximum atomic E-state index is 12.4. The number of ether oxygens (including phenoxy) is 1. The molecule has 0 bridgehead atoms. The molecule has 0 aliphatic carbocycles. The molecular formula is C19H16ClN3O2. The zero-order valence-electron chi connectivity index (χ0n) is 13.5. The summed E-state index contributed by atoms with van der Waals surface area (Å²) in [4.78, 5) is 16.6. The summed E-state index contributed by atoms with van der Waals surface area (Å²) in [5.41, 5.74) is 1.88. The SMILES string of the molecule is COc1ccccc1NC(=O)c1ccc(Nc2cccc(Cl)c2)nc1. The molecule has 0 aliphatic rings. The zero-order valence-corrected chi connectivity index (χ0v) is 14.2. The van der Waals surface area contributed by atoms with Gasteiger partial charge in [-0.2, -0.15) is 0 Å². The Morgan fingerprint density at radius 3 is 2.64 bits per heavy atom. The van der Waals surface area contributed by atoms with E-state index in [0.29, 0.717) is 27.8 Å². The van der Waals surface area contributed by atoms with Gasteiger partial charge in [0.05, 0.1) is 18.4 Å². The van der Waals surface area contributed by atoms with Crippen LogP contribution in [0.1, 0.15) is 10.4 Å². The molecule has 6 heteroatoms. The van der Waals surface area contributed by atoms with Crippen LogP contribution in [0.15, 0.2) is 66.9 Å². The van der Waals surface area contributed by atoms with E-state index in [1.54, 1.807) is 43.5 Å². The third kappa shape index (κ3) is 4.28. The zero-order chi connectivity index (χ0) is 17.6. The van der Waals surface area contributed by atoms with Crippen molar-refractivity contribution in [2.24, 2.45) is 0 Å². The lowest BCUT2D eigenvalue weighted by atomic mass is 10.2. The summed E-state index contributed by atoms with van der Waals surface area (Å²) in [6.45, 7) is 0. The van der Waals surface area contributed by atoms with Crippen LogP contribution in [0.25, 0.3) is 0 Å². The summed E-state index contributed by atoms with van der Waals surface area (Å²) in [7, 11) is 1.56. The van der Waals surface area contributed by atoms with Crippen molar-refractivity contribution in [3.05, 3.63) is 77.4 Å². The Labute approximate surface area is 150 Å². The van der Waals surface area contributed by atoms with Gasteiger partial charge in [0.1, 0.15) is 11.6 Å². The van der Waals surface area contributed by atoms with E-state index in [0.717, 1.165) is 5.69 Å². The smallest absolute Gasteiger partial charge is 0.257 e. The molecule has 3 aromatic rings. The number of amides is 1. The van der Waals surface area contributed by atoms with Gasteiger partial charge in [0.25, 0.3) is 5.91 Å². The molecule has 2 aromatic carbocycles. The normalized spacial score (nSPS) is 10.2. The van der Waals surface area contributed by atoms with Crippen LogP contribution in [0.2, 0.25) is 5.02 Å². The first-order valence-electron chi connectivity index (χ1n) is 7.59. The van der Waals surface area contributed by atoms with Crippen molar-refractivity contribution >= 4 is 34.7 Å². The predicted octanol–water partition coefficient (Wildman–Crippen LogP) is 4.74. The lowest BCUT2D eigenvalue weighted by Crippen LogP contribution is -2.13. The molecule has 5 nitrogen and oxygen atoms in total. The van der Waals surface area contributed by atoms with Crippen LogP contribution in [0.4, 0.5) is 17.2 Å². The van der Waals surface area contributed by atoms with Gasteiger partial charge in [-0.05, 0) is 42.5 Å². The van der Waals surface area contributed by atoms with Crippen molar-refractivity contribution in [1.82, 2.24) is 4.98 Å². The molecule has 126 valence electrons. The van der Waals surface area contributed by atoms with E-state index in [1.165, 1.54) is 6.20 Å². The number of methoxy groups -OCH3 is 1. The topological polar surface area (TPSA) is 63.2 Å². The van der Waals surface area contributed by atoms with Crippen LogP contribution in [-0.2, 0) is 0 Å². The number of hydrogen-bond donors (Lipinski definition) is 2. The molecule has 0 atom stereocenters. The lowest BCUT2D eigenvalue weighted by Gasteiger charge is -2.10. The Hall–Kier alpha value is -3.05. The quantitative estimate of drug-likeness (QED) is 0.695. The van der Waals surface area contributed by atoms with Crippen LogP contribution < -0.4 is 15.4 Å². The third-order valence-electron chi connectivity index (χ3n) is 3.48. The molecule has 0 unspecified atom stereocenters. The van der Waals surface area contributed by atoms with Crippen LogP contribution in [0.3, 0.4) is 0 Å². The van der Waals surface area contributed by atoms with Crippen LogP contribution in [0.5, 0.6) is 5.75 Å². The number of aromatic nitrogens is 1. The summed E-state index contributed by atoms with van der Waals surface area (Å²) in [6, 6.07) is 18.0. The van der Waals surface area contributed by atoms with E-state index in [1.807, 2.05) is 24.3 Å². The number of benzene rings is 2. The molecular weight excluding hydrogens is 338 g/mol. The van der Waals surface area contributed by atoms with Crippen molar-refractivity contribution in [3.63, 3.8) is 0 Å². The Bertz CT molecular complexity index is 882. The van der Waals surface area contributed by atoms with E-state index < -0.39 is 0 Å². The molecule has 0 radical (unpaired) electrons. The number of halogens is 1. The highest BCUT2D eigenvalue weighted by molar-refractivity contribution is 6.30. The first-order valence-corrected chi connectivity index (χ1v) is 7.96. The molecule has 1 heterocycles. The number of para-hydroxylation sites is 2.